The Bertz CT molecular complexity index is 1340. The number of methoxy groups -OCH3 is 3. The van der Waals surface area contributed by atoms with Gasteiger partial charge >= 0.3 is 5.97 Å². The molecule has 10 heteroatoms. The monoisotopic (exact) mass is 509 g/mol. The van der Waals surface area contributed by atoms with Gasteiger partial charge in [-0.15, -0.1) is 0 Å². The highest BCUT2D eigenvalue weighted by Crippen LogP contribution is 2.47. The van der Waals surface area contributed by atoms with Crippen LogP contribution in [-0.4, -0.2) is 50.1 Å². The molecule has 1 atom stereocenters. The largest absolute Gasteiger partial charge is 0.493 e. The average molecular weight is 510 g/mol. The van der Waals surface area contributed by atoms with Gasteiger partial charge < -0.3 is 29.2 Å². The summed E-state index contributed by atoms with van der Waals surface area (Å²) < 4.78 is 22.1. The van der Waals surface area contributed by atoms with Gasteiger partial charge in [0.1, 0.15) is 5.82 Å². The molecule has 1 unspecified atom stereocenters. The van der Waals surface area contributed by atoms with Crippen LogP contribution in [0.2, 0.25) is 0 Å². The third-order valence-corrected chi connectivity index (χ3v) is 6.38. The van der Waals surface area contributed by atoms with Crippen LogP contribution < -0.4 is 25.1 Å². The lowest BCUT2D eigenvalue weighted by Crippen LogP contribution is -2.31. The summed E-state index contributed by atoms with van der Waals surface area (Å²) in [5.41, 5.74) is 2.01. The second-order valence-electron chi connectivity index (χ2n) is 7.73. The zero-order valence-electron chi connectivity index (χ0n) is 20.6. The van der Waals surface area contributed by atoms with Gasteiger partial charge in [-0.25, -0.2) is 9.78 Å². The Hall–Kier alpha value is -3.92. The molecular weight excluding hydrogens is 482 g/mol. The van der Waals surface area contributed by atoms with Gasteiger partial charge in [-0.3, -0.25) is 4.79 Å². The minimum Gasteiger partial charge on any atom is -0.493 e. The minimum absolute atomic E-state index is 0.166. The molecule has 1 aromatic heterocycles. The molecule has 1 aliphatic rings. The van der Waals surface area contributed by atoms with Crippen molar-refractivity contribution in [3.05, 3.63) is 75.1 Å². The maximum atomic E-state index is 13.5. The van der Waals surface area contributed by atoms with Gasteiger partial charge in [0.2, 0.25) is 5.75 Å². The fraction of sp³-hybridized carbons (Fsp3) is 0.269. The highest BCUT2D eigenvalue weighted by atomic mass is 32.2. The Kier molecular flexibility index (Phi) is 7.54. The number of carbonyl (C=O) groups is 1. The van der Waals surface area contributed by atoms with E-state index in [1.165, 1.54) is 33.1 Å². The SMILES string of the molecule is CCOC(=O)C1=C(c2ccccc2)Nc2nc(SC)[nH]c(=O)c2C1c1cc(OC)c(OC)c(OC)c1. The van der Waals surface area contributed by atoms with E-state index < -0.39 is 11.9 Å². The number of fused-ring (bicyclic) bond motifs is 1. The number of H-pyrrole nitrogens is 1. The van der Waals surface area contributed by atoms with Gasteiger partial charge in [-0.05, 0) is 36.4 Å². The van der Waals surface area contributed by atoms with Crippen LogP contribution in [-0.2, 0) is 9.53 Å². The molecule has 0 aliphatic carbocycles. The number of esters is 1. The molecule has 4 rings (SSSR count). The molecular formula is C26H27N3O6S. The summed E-state index contributed by atoms with van der Waals surface area (Å²) in [5, 5.41) is 3.69. The number of nitrogens with zero attached hydrogens (tertiary/aromatic N) is 1. The number of rotatable bonds is 8. The number of hydrogen-bond acceptors (Lipinski definition) is 9. The van der Waals surface area contributed by atoms with Gasteiger partial charge in [-0.1, -0.05) is 42.1 Å². The number of aromatic nitrogens is 2. The molecule has 36 heavy (non-hydrogen) atoms. The van der Waals surface area contributed by atoms with Crippen molar-refractivity contribution in [2.45, 2.75) is 18.0 Å². The number of nitrogens with one attached hydrogen (secondary N) is 2. The van der Waals surface area contributed by atoms with Gasteiger partial charge in [0, 0.05) is 0 Å². The summed E-state index contributed by atoms with van der Waals surface area (Å²) in [6.07, 6.45) is 1.82. The molecule has 0 saturated carbocycles. The van der Waals surface area contributed by atoms with E-state index in [9.17, 15) is 9.59 Å². The molecule has 3 aromatic rings. The smallest absolute Gasteiger partial charge is 0.337 e. The second-order valence-corrected chi connectivity index (χ2v) is 8.52. The first-order chi connectivity index (χ1) is 17.5. The number of hydrogen-bond donors (Lipinski definition) is 2. The van der Waals surface area contributed by atoms with Crippen molar-refractivity contribution in [2.75, 3.05) is 39.5 Å². The Morgan fingerprint density at radius 3 is 2.28 bits per heavy atom. The normalized spacial score (nSPS) is 14.5. The third-order valence-electron chi connectivity index (χ3n) is 5.80. The first kappa shape index (κ1) is 25.2. The fourth-order valence-corrected chi connectivity index (χ4v) is 4.64. The molecule has 188 valence electrons. The summed E-state index contributed by atoms with van der Waals surface area (Å²) in [6.45, 7) is 1.90. The summed E-state index contributed by atoms with van der Waals surface area (Å²) in [5.74, 6) is 0.141. The molecule has 9 nitrogen and oxygen atoms in total. The van der Waals surface area contributed by atoms with Gasteiger partial charge in [-0.2, -0.15) is 0 Å². The molecule has 2 aromatic carbocycles. The number of carbonyl (C=O) groups excluding carboxylic acids is 1. The van der Waals surface area contributed by atoms with E-state index in [1.807, 2.05) is 36.6 Å². The van der Waals surface area contributed by atoms with Gasteiger partial charge in [0.05, 0.1) is 50.7 Å². The zero-order chi connectivity index (χ0) is 25.8. The first-order valence-corrected chi connectivity index (χ1v) is 12.4. The molecule has 2 N–H and O–H groups in total. The standard InChI is InChI=1S/C26H27N3O6S/c1-6-35-25(31)19-18(15-12-16(32-2)22(34-4)17(13-15)33-3)20-23(28-26(36-5)29-24(20)30)27-21(19)14-10-8-7-9-11-14/h7-13,18H,6H2,1-5H3,(H2,27,28,29,30). The quantitative estimate of drug-likeness (QED) is 0.264. The van der Waals surface area contributed by atoms with Crippen LogP contribution in [0.1, 0.15) is 29.5 Å². The predicted octanol–water partition coefficient (Wildman–Crippen LogP) is 4.05. The van der Waals surface area contributed by atoms with E-state index in [-0.39, 0.29) is 23.3 Å². The van der Waals surface area contributed by atoms with E-state index >= 15 is 0 Å². The molecule has 0 amide bonds. The van der Waals surface area contributed by atoms with E-state index in [0.717, 1.165) is 5.56 Å². The molecule has 2 heterocycles. The third kappa shape index (κ3) is 4.51. The Balaban J connectivity index is 2.10. The number of ether oxygens (including phenoxy) is 4. The highest BCUT2D eigenvalue weighted by molar-refractivity contribution is 7.98. The topological polar surface area (TPSA) is 112 Å². The average Bonchev–Trinajstić information content (AvgIpc) is 2.91. The van der Waals surface area contributed by atoms with E-state index in [1.54, 1.807) is 19.1 Å². The molecule has 0 bridgehead atoms. The van der Waals surface area contributed by atoms with Crippen molar-refractivity contribution in [3.63, 3.8) is 0 Å². The van der Waals surface area contributed by atoms with E-state index in [0.29, 0.717) is 39.5 Å². The van der Waals surface area contributed by atoms with Crippen LogP contribution in [0.25, 0.3) is 5.70 Å². The summed E-state index contributed by atoms with van der Waals surface area (Å²) in [7, 11) is 4.53. The van der Waals surface area contributed by atoms with Crippen LogP contribution >= 0.6 is 11.8 Å². The highest BCUT2D eigenvalue weighted by Gasteiger charge is 2.39. The first-order valence-electron chi connectivity index (χ1n) is 11.2. The molecule has 0 radical (unpaired) electrons. The number of benzene rings is 2. The van der Waals surface area contributed by atoms with E-state index in [4.69, 9.17) is 18.9 Å². The van der Waals surface area contributed by atoms with Crippen LogP contribution in [0.3, 0.4) is 0 Å². The molecule has 0 fully saturated rings. The molecule has 0 spiro atoms. The van der Waals surface area contributed by atoms with Crippen LogP contribution in [0.5, 0.6) is 17.2 Å². The minimum atomic E-state index is -0.837. The second kappa shape index (κ2) is 10.8. The summed E-state index contributed by atoms with van der Waals surface area (Å²) in [4.78, 5) is 34.3. The summed E-state index contributed by atoms with van der Waals surface area (Å²) >= 11 is 1.31. The Morgan fingerprint density at radius 2 is 1.72 bits per heavy atom. The van der Waals surface area contributed by atoms with Crippen LogP contribution in [0.15, 0.2) is 58.0 Å². The van der Waals surface area contributed by atoms with Crippen molar-refractivity contribution in [2.24, 2.45) is 0 Å². The van der Waals surface area contributed by atoms with Crippen molar-refractivity contribution in [1.82, 2.24) is 9.97 Å². The Labute approximate surface area is 212 Å². The Morgan fingerprint density at radius 1 is 1.06 bits per heavy atom. The van der Waals surface area contributed by atoms with Crippen molar-refractivity contribution in [1.29, 1.82) is 0 Å². The lowest BCUT2D eigenvalue weighted by Gasteiger charge is -2.30. The fourth-order valence-electron chi connectivity index (χ4n) is 4.26. The number of thioether (sulfide) groups is 1. The molecule has 0 saturated heterocycles. The van der Waals surface area contributed by atoms with Crippen LogP contribution in [0.4, 0.5) is 5.82 Å². The number of anilines is 1. The van der Waals surface area contributed by atoms with Crippen molar-refractivity contribution >= 4 is 29.2 Å². The predicted molar refractivity (Wildman–Crippen MR) is 138 cm³/mol. The van der Waals surface area contributed by atoms with Crippen molar-refractivity contribution in [3.8, 4) is 17.2 Å². The zero-order valence-corrected chi connectivity index (χ0v) is 21.4. The van der Waals surface area contributed by atoms with Gasteiger partial charge in [0.25, 0.3) is 5.56 Å². The van der Waals surface area contributed by atoms with Gasteiger partial charge in [0.15, 0.2) is 16.7 Å². The van der Waals surface area contributed by atoms with Crippen molar-refractivity contribution < 1.29 is 23.7 Å². The maximum absolute atomic E-state index is 13.5. The lowest BCUT2D eigenvalue weighted by atomic mass is 9.80. The lowest BCUT2D eigenvalue weighted by molar-refractivity contribution is -0.138. The number of aromatic amines is 1. The van der Waals surface area contributed by atoms with E-state index in [2.05, 4.69) is 15.3 Å². The molecule has 1 aliphatic heterocycles. The van der Waals surface area contributed by atoms with Crippen LogP contribution in [0, 0.1) is 0 Å². The summed E-state index contributed by atoms with van der Waals surface area (Å²) in [6, 6.07) is 12.8. The maximum Gasteiger partial charge on any atom is 0.337 e.